The quantitative estimate of drug-likeness (QED) is 0.590. The van der Waals surface area contributed by atoms with Crippen molar-refractivity contribution in [2.75, 3.05) is 37.7 Å². The van der Waals surface area contributed by atoms with E-state index in [1.165, 1.54) is 19.3 Å². The molecule has 1 aromatic carbocycles. The van der Waals surface area contributed by atoms with Crippen LogP contribution in [0.5, 0.6) is 0 Å². The second kappa shape index (κ2) is 10.3. The SMILES string of the molecule is O=C([C@@H](Sc1nnc(N2CCCC2)n1C[C@H]1CCCO1)c1ccccc1)N1CCCCC1. The zero-order chi connectivity index (χ0) is 21.8. The van der Waals surface area contributed by atoms with Gasteiger partial charge in [0.15, 0.2) is 5.16 Å². The molecule has 0 bridgehead atoms. The number of amides is 1. The normalized spacial score (nSPS) is 22.4. The van der Waals surface area contributed by atoms with Gasteiger partial charge >= 0.3 is 0 Å². The molecule has 0 aliphatic carbocycles. The van der Waals surface area contributed by atoms with E-state index >= 15 is 0 Å². The minimum absolute atomic E-state index is 0.190. The number of nitrogens with zero attached hydrogens (tertiary/aromatic N) is 5. The number of carbonyl (C=O) groups is 1. The van der Waals surface area contributed by atoms with Crippen molar-refractivity contribution in [2.24, 2.45) is 0 Å². The van der Waals surface area contributed by atoms with E-state index in [2.05, 4.69) is 31.8 Å². The van der Waals surface area contributed by atoms with Crippen molar-refractivity contribution in [3.05, 3.63) is 35.9 Å². The van der Waals surface area contributed by atoms with Gasteiger partial charge in [-0.25, -0.2) is 0 Å². The van der Waals surface area contributed by atoms with E-state index < -0.39 is 0 Å². The fourth-order valence-corrected chi connectivity index (χ4v) is 6.07. The molecule has 0 saturated carbocycles. The van der Waals surface area contributed by atoms with Crippen LogP contribution in [0.15, 0.2) is 35.5 Å². The molecule has 172 valence electrons. The Morgan fingerprint density at radius 1 is 1.00 bits per heavy atom. The lowest BCUT2D eigenvalue weighted by Crippen LogP contribution is -2.38. The van der Waals surface area contributed by atoms with Crippen LogP contribution < -0.4 is 4.90 Å². The summed E-state index contributed by atoms with van der Waals surface area (Å²) < 4.78 is 8.17. The zero-order valence-corrected chi connectivity index (χ0v) is 19.5. The molecule has 3 aliphatic rings. The second-order valence-electron chi connectivity index (χ2n) is 9.02. The Bertz CT molecular complexity index is 887. The van der Waals surface area contributed by atoms with Gasteiger partial charge in [0.25, 0.3) is 0 Å². The van der Waals surface area contributed by atoms with Crippen molar-refractivity contribution >= 4 is 23.6 Å². The number of ether oxygens (including phenoxy) is 1. The maximum atomic E-state index is 13.6. The van der Waals surface area contributed by atoms with Gasteiger partial charge in [-0.2, -0.15) is 0 Å². The summed E-state index contributed by atoms with van der Waals surface area (Å²) in [5, 5.41) is 9.71. The molecule has 4 heterocycles. The van der Waals surface area contributed by atoms with Gasteiger partial charge in [0.2, 0.25) is 11.9 Å². The molecule has 7 nitrogen and oxygen atoms in total. The maximum Gasteiger partial charge on any atom is 0.240 e. The Hall–Kier alpha value is -2.06. The number of thioether (sulfide) groups is 1. The van der Waals surface area contributed by atoms with E-state index in [-0.39, 0.29) is 17.3 Å². The van der Waals surface area contributed by atoms with Gasteiger partial charge in [0.05, 0.1) is 12.6 Å². The molecule has 1 amide bonds. The molecule has 1 aromatic heterocycles. The summed E-state index contributed by atoms with van der Waals surface area (Å²) >= 11 is 1.55. The Morgan fingerprint density at radius 3 is 2.47 bits per heavy atom. The predicted molar refractivity (Wildman–Crippen MR) is 126 cm³/mol. The smallest absolute Gasteiger partial charge is 0.240 e. The van der Waals surface area contributed by atoms with Crippen LogP contribution in [-0.2, 0) is 16.1 Å². The van der Waals surface area contributed by atoms with E-state index in [1.807, 2.05) is 23.1 Å². The maximum absolute atomic E-state index is 13.6. The van der Waals surface area contributed by atoms with Crippen molar-refractivity contribution in [2.45, 2.75) is 68.0 Å². The molecule has 5 rings (SSSR count). The largest absolute Gasteiger partial charge is 0.376 e. The third-order valence-electron chi connectivity index (χ3n) is 6.71. The third kappa shape index (κ3) is 4.81. The first-order chi connectivity index (χ1) is 15.8. The first kappa shape index (κ1) is 21.8. The molecule has 0 spiro atoms. The minimum atomic E-state index is -0.312. The summed E-state index contributed by atoms with van der Waals surface area (Å²) in [6.45, 7) is 5.32. The van der Waals surface area contributed by atoms with E-state index in [1.54, 1.807) is 11.8 Å². The van der Waals surface area contributed by atoms with Crippen LogP contribution in [0.3, 0.4) is 0 Å². The number of benzene rings is 1. The number of carbonyl (C=O) groups excluding carboxylic acids is 1. The van der Waals surface area contributed by atoms with E-state index in [0.29, 0.717) is 0 Å². The predicted octanol–water partition coefficient (Wildman–Crippen LogP) is 3.90. The van der Waals surface area contributed by atoms with E-state index in [4.69, 9.17) is 4.74 Å². The first-order valence-electron chi connectivity index (χ1n) is 12.1. The lowest BCUT2D eigenvalue weighted by molar-refractivity contribution is -0.131. The summed E-state index contributed by atoms with van der Waals surface area (Å²) in [5.41, 5.74) is 1.03. The zero-order valence-electron chi connectivity index (χ0n) is 18.7. The number of hydrogen-bond donors (Lipinski definition) is 0. The van der Waals surface area contributed by atoms with Gasteiger partial charge < -0.3 is 14.5 Å². The van der Waals surface area contributed by atoms with Gasteiger partial charge in [-0.1, -0.05) is 42.1 Å². The van der Waals surface area contributed by atoms with Crippen molar-refractivity contribution in [3.63, 3.8) is 0 Å². The van der Waals surface area contributed by atoms with E-state index in [9.17, 15) is 4.79 Å². The lowest BCUT2D eigenvalue weighted by Gasteiger charge is -2.30. The molecule has 0 unspecified atom stereocenters. The van der Waals surface area contributed by atoms with Crippen molar-refractivity contribution in [1.82, 2.24) is 19.7 Å². The van der Waals surface area contributed by atoms with Crippen LogP contribution in [0.4, 0.5) is 5.95 Å². The summed E-state index contributed by atoms with van der Waals surface area (Å²) in [6.07, 6.45) is 8.13. The average molecular weight is 456 g/mol. The number of aromatic nitrogens is 3. The van der Waals surface area contributed by atoms with Crippen LogP contribution >= 0.6 is 11.8 Å². The highest BCUT2D eigenvalue weighted by Crippen LogP contribution is 2.38. The number of piperidine rings is 1. The van der Waals surface area contributed by atoms with Gasteiger partial charge in [-0.3, -0.25) is 9.36 Å². The monoisotopic (exact) mass is 455 g/mol. The average Bonchev–Trinajstić information content (AvgIpc) is 3.62. The van der Waals surface area contributed by atoms with Crippen LogP contribution in [0.2, 0.25) is 0 Å². The standard InChI is InChI=1S/C24H33N5O2S/c30-22(27-13-5-2-6-14-27)21(19-10-3-1-4-11-19)32-24-26-25-23(28-15-7-8-16-28)29(24)18-20-12-9-17-31-20/h1,3-4,10-11,20-21H,2,5-9,12-18H2/t20-,21+/m1/s1. The Labute approximate surface area is 194 Å². The molecule has 32 heavy (non-hydrogen) atoms. The summed E-state index contributed by atoms with van der Waals surface area (Å²) in [7, 11) is 0. The molecule has 3 fully saturated rings. The number of rotatable bonds is 7. The van der Waals surface area contributed by atoms with Gasteiger partial charge in [0, 0.05) is 32.8 Å². The first-order valence-corrected chi connectivity index (χ1v) is 13.0. The highest BCUT2D eigenvalue weighted by molar-refractivity contribution is 8.00. The minimum Gasteiger partial charge on any atom is -0.376 e. The fraction of sp³-hybridized carbons (Fsp3) is 0.625. The van der Waals surface area contributed by atoms with Crippen LogP contribution in [0.1, 0.15) is 55.8 Å². The molecule has 2 aromatic rings. The Kier molecular flexibility index (Phi) is 6.97. The fourth-order valence-electron chi connectivity index (χ4n) is 4.95. The highest BCUT2D eigenvalue weighted by Gasteiger charge is 2.32. The Morgan fingerprint density at radius 2 is 1.75 bits per heavy atom. The van der Waals surface area contributed by atoms with Gasteiger partial charge in [0.1, 0.15) is 5.25 Å². The van der Waals surface area contributed by atoms with Gasteiger partial charge in [-0.15, -0.1) is 10.2 Å². The lowest BCUT2D eigenvalue weighted by atomic mass is 10.1. The molecular weight excluding hydrogens is 422 g/mol. The number of hydrogen-bond acceptors (Lipinski definition) is 6. The van der Waals surface area contributed by atoms with Crippen molar-refractivity contribution in [1.29, 1.82) is 0 Å². The van der Waals surface area contributed by atoms with Crippen LogP contribution in [0, 0.1) is 0 Å². The third-order valence-corrected chi connectivity index (χ3v) is 7.94. The molecule has 8 heteroatoms. The van der Waals surface area contributed by atoms with Crippen LogP contribution in [0.25, 0.3) is 0 Å². The number of anilines is 1. The van der Waals surface area contributed by atoms with Gasteiger partial charge in [-0.05, 0) is 50.5 Å². The summed E-state index contributed by atoms with van der Waals surface area (Å²) in [4.78, 5) is 18.0. The molecule has 0 radical (unpaired) electrons. The van der Waals surface area contributed by atoms with Crippen LogP contribution in [-0.4, -0.2) is 64.5 Å². The molecule has 0 N–H and O–H groups in total. The molecule has 3 aliphatic heterocycles. The topological polar surface area (TPSA) is 63.5 Å². The molecule has 2 atom stereocenters. The second-order valence-corrected chi connectivity index (χ2v) is 10.1. The summed E-state index contributed by atoms with van der Waals surface area (Å²) in [6, 6.07) is 10.1. The van der Waals surface area contributed by atoms with Crippen molar-refractivity contribution < 1.29 is 9.53 Å². The molecular formula is C24H33N5O2S. The van der Waals surface area contributed by atoms with Crippen molar-refractivity contribution in [3.8, 4) is 0 Å². The number of likely N-dealkylation sites (tertiary alicyclic amines) is 1. The molecule has 3 saturated heterocycles. The highest BCUT2D eigenvalue weighted by atomic mass is 32.2. The van der Waals surface area contributed by atoms with E-state index in [0.717, 1.165) is 81.7 Å². The Balaban J connectivity index is 1.44. The summed E-state index contributed by atoms with van der Waals surface area (Å²) in [5.74, 6) is 1.12.